The van der Waals surface area contributed by atoms with E-state index in [0.717, 1.165) is 28.9 Å². The molecule has 24 heavy (non-hydrogen) atoms. The van der Waals surface area contributed by atoms with Gasteiger partial charge in [0.25, 0.3) is 5.91 Å². The molecule has 0 N–H and O–H groups in total. The summed E-state index contributed by atoms with van der Waals surface area (Å²) in [5, 5.41) is 3.61. The second kappa shape index (κ2) is 6.23. The Hall–Kier alpha value is -3.02. The van der Waals surface area contributed by atoms with Gasteiger partial charge in [-0.1, -0.05) is 35.5 Å². The summed E-state index contributed by atoms with van der Waals surface area (Å²) < 4.78 is 4.99. The Bertz CT molecular complexity index is 847. The predicted molar refractivity (Wildman–Crippen MR) is 87.3 cm³/mol. The van der Waals surface area contributed by atoms with Gasteiger partial charge in [-0.05, 0) is 6.42 Å². The molecule has 0 atom stereocenters. The lowest BCUT2D eigenvalue weighted by atomic mass is 10.0. The van der Waals surface area contributed by atoms with Crippen LogP contribution < -0.4 is 0 Å². The molecule has 1 amide bonds. The minimum absolute atomic E-state index is 0.130. The molecule has 1 aromatic carbocycles. The van der Waals surface area contributed by atoms with Crippen LogP contribution in [-0.4, -0.2) is 39.0 Å². The van der Waals surface area contributed by atoms with Crippen molar-refractivity contribution in [1.82, 2.24) is 20.0 Å². The number of rotatable bonds is 2. The van der Waals surface area contributed by atoms with Gasteiger partial charge in [-0.25, -0.2) is 9.97 Å². The lowest BCUT2D eigenvalue weighted by molar-refractivity contribution is 0.0721. The Balaban J connectivity index is 1.63. The Kier molecular flexibility index (Phi) is 3.78. The fraction of sp³-hybridized carbons (Fsp3) is 0.222. The molecule has 0 saturated carbocycles. The fourth-order valence-corrected chi connectivity index (χ4v) is 3.06. The van der Waals surface area contributed by atoms with Gasteiger partial charge in [0.2, 0.25) is 5.76 Å². The van der Waals surface area contributed by atoms with Gasteiger partial charge in [0.05, 0.1) is 11.9 Å². The van der Waals surface area contributed by atoms with Gasteiger partial charge in [-0.15, -0.1) is 0 Å². The molecule has 6 nitrogen and oxygen atoms in total. The molecule has 2 aromatic heterocycles. The standard InChI is InChI=1S/C18H16N4O2/c23-18(16-6-9-21-24-16)22-10-7-14-15(8-11-22)19-12-20-17(14)13-4-2-1-3-5-13/h1-6,9,12H,7-8,10-11H2. The lowest BCUT2D eigenvalue weighted by Crippen LogP contribution is -2.33. The van der Waals surface area contributed by atoms with Crippen LogP contribution in [0.15, 0.2) is 53.4 Å². The molecule has 0 saturated heterocycles. The molecule has 0 radical (unpaired) electrons. The van der Waals surface area contributed by atoms with Gasteiger partial charge in [-0.3, -0.25) is 4.79 Å². The number of aromatic nitrogens is 3. The smallest absolute Gasteiger partial charge is 0.292 e. The van der Waals surface area contributed by atoms with Gasteiger partial charge < -0.3 is 9.42 Å². The van der Waals surface area contributed by atoms with Crippen molar-refractivity contribution in [3.63, 3.8) is 0 Å². The summed E-state index contributed by atoms with van der Waals surface area (Å²) in [5.74, 6) is 0.143. The lowest BCUT2D eigenvalue weighted by Gasteiger charge is -2.18. The molecule has 1 aliphatic rings. The van der Waals surface area contributed by atoms with E-state index in [4.69, 9.17) is 4.52 Å². The van der Waals surface area contributed by atoms with Crippen LogP contribution in [0.4, 0.5) is 0 Å². The first-order valence-electron chi connectivity index (χ1n) is 7.91. The monoisotopic (exact) mass is 320 g/mol. The molecule has 3 aromatic rings. The quantitative estimate of drug-likeness (QED) is 0.725. The van der Waals surface area contributed by atoms with E-state index in [0.29, 0.717) is 19.5 Å². The van der Waals surface area contributed by atoms with Crippen LogP contribution in [0.5, 0.6) is 0 Å². The molecular weight excluding hydrogens is 304 g/mol. The summed E-state index contributed by atoms with van der Waals surface area (Å²) in [6.07, 6.45) is 4.52. The second-order valence-corrected chi connectivity index (χ2v) is 5.68. The number of carbonyl (C=O) groups excluding carboxylic acids is 1. The van der Waals surface area contributed by atoms with E-state index in [9.17, 15) is 4.79 Å². The van der Waals surface area contributed by atoms with Crippen molar-refractivity contribution in [3.8, 4) is 11.3 Å². The normalized spacial score (nSPS) is 14.1. The third-order valence-corrected chi connectivity index (χ3v) is 4.27. The van der Waals surface area contributed by atoms with Crippen molar-refractivity contribution in [2.75, 3.05) is 13.1 Å². The van der Waals surface area contributed by atoms with Crippen molar-refractivity contribution < 1.29 is 9.32 Å². The summed E-state index contributed by atoms with van der Waals surface area (Å²) in [6.45, 7) is 1.22. The average Bonchev–Trinajstić information content (AvgIpc) is 3.08. The van der Waals surface area contributed by atoms with Gasteiger partial charge in [-0.2, -0.15) is 0 Å². The van der Waals surface area contributed by atoms with Gasteiger partial charge in [0, 0.05) is 42.4 Å². The third-order valence-electron chi connectivity index (χ3n) is 4.27. The fourth-order valence-electron chi connectivity index (χ4n) is 3.06. The zero-order valence-electron chi connectivity index (χ0n) is 13.1. The van der Waals surface area contributed by atoms with E-state index in [2.05, 4.69) is 15.1 Å². The van der Waals surface area contributed by atoms with Crippen LogP contribution in [0.25, 0.3) is 11.3 Å². The van der Waals surface area contributed by atoms with Crippen LogP contribution in [-0.2, 0) is 12.8 Å². The largest absolute Gasteiger partial charge is 0.351 e. The maximum atomic E-state index is 12.5. The molecule has 0 unspecified atom stereocenters. The number of hydrogen-bond donors (Lipinski definition) is 0. The number of benzene rings is 1. The first-order chi connectivity index (χ1) is 11.8. The van der Waals surface area contributed by atoms with Gasteiger partial charge >= 0.3 is 0 Å². The van der Waals surface area contributed by atoms with E-state index in [1.54, 1.807) is 17.3 Å². The molecule has 0 spiro atoms. The molecule has 0 aliphatic carbocycles. The highest BCUT2D eigenvalue weighted by molar-refractivity contribution is 5.91. The van der Waals surface area contributed by atoms with Crippen molar-refractivity contribution in [3.05, 3.63) is 65.9 Å². The molecule has 120 valence electrons. The van der Waals surface area contributed by atoms with E-state index in [-0.39, 0.29) is 11.7 Å². The SMILES string of the molecule is O=C(c1ccno1)N1CCc2ncnc(-c3ccccc3)c2CC1. The average molecular weight is 320 g/mol. The first-order valence-corrected chi connectivity index (χ1v) is 7.91. The maximum absolute atomic E-state index is 12.5. The van der Waals surface area contributed by atoms with E-state index >= 15 is 0 Å². The van der Waals surface area contributed by atoms with E-state index in [1.807, 2.05) is 30.3 Å². The van der Waals surface area contributed by atoms with Crippen molar-refractivity contribution >= 4 is 5.91 Å². The molecule has 1 aliphatic heterocycles. The van der Waals surface area contributed by atoms with E-state index < -0.39 is 0 Å². The number of amides is 1. The molecule has 0 fully saturated rings. The molecule has 6 heteroatoms. The van der Waals surface area contributed by atoms with Crippen LogP contribution >= 0.6 is 0 Å². The number of hydrogen-bond acceptors (Lipinski definition) is 5. The molecule has 0 bridgehead atoms. The highest BCUT2D eigenvalue weighted by atomic mass is 16.5. The molecule has 3 heterocycles. The van der Waals surface area contributed by atoms with Crippen LogP contribution in [0, 0.1) is 0 Å². The summed E-state index contributed by atoms with van der Waals surface area (Å²) in [4.78, 5) is 23.2. The Morgan fingerprint density at radius 1 is 1.04 bits per heavy atom. The topological polar surface area (TPSA) is 72.1 Å². The van der Waals surface area contributed by atoms with Crippen LogP contribution in [0.1, 0.15) is 21.8 Å². The van der Waals surface area contributed by atoms with Gasteiger partial charge in [0.15, 0.2) is 0 Å². The summed E-state index contributed by atoms with van der Waals surface area (Å²) in [6, 6.07) is 11.7. The zero-order valence-corrected chi connectivity index (χ0v) is 13.1. The predicted octanol–water partition coefficient (Wildman–Crippen LogP) is 2.37. The minimum atomic E-state index is -0.130. The summed E-state index contributed by atoms with van der Waals surface area (Å²) in [5.41, 5.74) is 4.16. The molecular formula is C18H16N4O2. The maximum Gasteiger partial charge on any atom is 0.292 e. The van der Waals surface area contributed by atoms with Crippen molar-refractivity contribution in [2.24, 2.45) is 0 Å². The summed E-state index contributed by atoms with van der Waals surface area (Å²) >= 11 is 0. The highest BCUT2D eigenvalue weighted by Crippen LogP contribution is 2.25. The van der Waals surface area contributed by atoms with Crippen molar-refractivity contribution in [2.45, 2.75) is 12.8 Å². The van der Waals surface area contributed by atoms with Crippen LogP contribution in [0.2, 0.25) is 0 Å². The third kappa shape index (κ3) is 2.67. The first kappa shape index (κ1) is 14.6. The summed E-state index contributed by atoms with van der Waals surface area (Å²) in [7, 11) is 0. The minimum Gasteiger partial charge on any atom is -0.351 e. The number of carbonyl (C=O) groups is 1. The Morgan fingerprint density at radius 2 is 1.88 bits per heavy atom. The second-order valence-electron chi connectivity index (χ2n) is 5.68. The Morgan fingerprint density at radius 3 is 2.67 bits per heavy atom. The van der Waals surface area contributed by atoms with E-state index in [1.165, 1.54) is 6.20 Å². The van der Waals surface area contributed by atoms with Crippen molar-refractivity contribution in [1.29, 1.82) is 0 Å². The van der Waals surface area contributed by atoms with Gasteiger partial charge in [0.1, 0.15) is 6.33 Å². The van der Waals surface area contributed by atoms with Crippen LogP contribution in [0.3, 0.4) is 0 Å². The highest BCUT2D eigenvalue weighted by Gasteiger charge is 2.24. The Labute approximate surface area is 139 Å². The molecule has 4 rings (SSSR count). The number of fused-ring (bicyclic) bond motifs is 1. The number of nitrogens with zero attached hydrogens (tertiary/aromatic N) is 4. The zero-order chi connectivity index (χ0) is 16.4.